The highest BCUT2D eigenvalue weighted by molar-refractivity contribution is 4.90. The van der Waals surface area contributed by atoms with Gasteiger partial charge in [-0.25, -0.2) is 0 Å². The Morgan fingerprint density at radius 2 is 2.00 bits per heavy atom. The van der Waals surface area contributed by atoms with Crippen molar-refractivity contribution in [3.05, 3.63) is 0 Å². The van der Waals surface area contributed by atoms with Crippen molar-refractivity contribution in [3.63, 3.8) is 0 Å². The Labute approximate surface area is 87.9 Å². The number of ether oxygens (including phenoxy) is 2. The molecule has 0 amide bonds. The smallest absolute Gasteiger partial charge is 0.186 e. The van der Waals surface area contributed by atoms with Gasteiger partial charge in [0, 0.05) is 0 Å². The molecule has 1 rings (SSSR count). The topological polar surface area (TPSA) is 120 Å². The maximum atomic E-state index is 9.46. The Hall–Kier alpha value is -0.280. The van der Waals surface area contributed by atoms with Crippen molar-refractivity contribution in [3.8, 4) is 0 Å². The summed E-state index contributed by atoms with van der Waals surface area (Å²) < 4.78 is 16.5. The molecule has 0 saturated carbocycles. The van der Waals surface area contributed by atoms with Gasteiger partial charge in [-0.2, -0.15) is 0 Å². The Morgan fingerprint density at radius 3 is 2.53 bits per heavy atom. The molecule has 1 saturated heterocycles. The van der Waals surface area contributed by atoms with Crippen molar-refractivity contribution < 1.29 is 36.4 Å². The minimum atomic E-state index is -1.48. The fourth-order valence-corrected chi connectivity index (χ4v) is 1.37. The van der Waals surface area contributed by atoms with Gasteiger partial charge in [0.05, 0.1) is 21.2 Å². The number of aliphatic hydroxyl groups is 5. The molecule has 5 N–H and O–H groups in total. The molecule has 2 unspecified atom stereocenters. The van der Waals surface area contributed by atoms with Crippen molar-refractivity contribution in [1.29, 1.82) is 0 Å². The lowest BCUT2D eigenvalue weighted by Crippen LogP contribution is -2.40. The summed E-state index contributed by atoms with van der Waals surface area (Å²) >= 11 is 0. The minimum absolute atomic E-state index is 0.392. The van der Waals surface area contributed by atoms with Crippen LogP contribution in [0.2, 0.25) is 0 Å². The Kier molecular flexibility index (Phi) is 4.27. The van der Waals surface area contributed by atoms with E-state index in [1.165, 1.54) is 0 Å². The first-order valence-electron chi connectivity index (χ1n) is 5.07. The van der Waals surface area contributed by atoms with E-state index in [9.17, 15) is 15.3 Å². The lowest BCUT2D eigenvalue weighted by atomic mass is 10.1. The van der Waals surface area contributed by atoms with Crippen LogP contribution in [0.15, 0.2) is 0 Å². The molecule has 1 aliphatic heterocycles. The van der Waals surface area contributed by atoms with Gasteiger partial charge in [0.25, 0.3) is 0 Å². The fraction of sp³-hybridized carbons (Fsp3) is 1.00. The molecule has 0 aromatic rings. The summed E-state index contributed by atoms with van der Waals surface area (Å²) in [7, 11) is 0. The number of aliphatic hydroxyl groups excluding tert-OH is 5. The van der Waals surface area contributed by atoms with Gasteiger partial charge in [-0.15, -0.1) is 0 Å². The normalized spacial score (nSPS) is 41.3. The summed E-state index contributed by atoms with van der Waals surface area (Å²) in [6.07, 6.45) is -6.52. The van der Waals surface area contributed by atoms with E-state index in [0.29, 0.717) is 0 Å². The Morgan fingerprint density at radius 1 is 1.33 bits per heavy atom. The predicted molar refractivity (Wildman–Crippen MR) is 46.8 cm³/mol. The number of hydrogen-bond donors (Lipinski definition) is 5. The molecule has 15 heavy (non-hydrogen) atoms. The maximum Gasteiger partial charge on any atom is 0.186 e. The minimum Gasteiger partial charge on any atom is -0.394 e. The number of rotatable bonds is 5. The second-order valence-corrected chi connectivity index (χ2v) is 3.22. The van der Waals surface area contributed by atoms with E-state index >= 15 is 0 Å². The van der Waals surface area contributed by atoms with E-state index in [2.05, 4.69) is 0 Å². The van der Waals surface area contributed by atoms with Crippen LogP contribution in [0, 0.1) is 0 Å². The largest absolute Gasteiger partial charge is 0.394 e. The molecule has 0 aromatic carbocycles. The van der Waals surface area contributed by atoms with Crippen LogP contribution >= 0.6 is 0 Å². The van der Waals surface area contributed by atoms with Crippen molar-refractivity contribution >= 4 is 0 Å². The SMILES string of the molecule is [2H]C(O)COC1O[C@H]([C@H](O)CO)[C@H](O)[C@@H]1O. The Balaban J connectivity index is 2.50. The number of hydrogen-bond acceptors (Lipinski definition) is 7. The average Bonchev–Trinajstić information content (AvgIpc) is 2.52. The Bertz CT molecular complexity index is 215. The lowest BCUT2D eigenvalue weighted by Gasteiger charge is -2.18. The quantitative estimate of drug-likeness (QED) is 0.334. The zero-order valence-electron chi connectivity index (χ0n) is 8.93. The van der Waals surface area contributed by atoms with Crippen LogP contribution in [0.1, 0.15) is 1.37 Å². The van der Waals surface area contributed by atoms with Crippen molar-refractivity contribution in [2.75, 3.05) is 19.8 Å². The van der Waals surface area contributed by atoms with E-state index in [4.69, 9.17) is 21.1 Å². The predicted octanol–water partition coefficient (Wildman–Crippen LogP) is -3.20. The molecular formula is C8H16O7. The summed E-state index contributed by atoms with van der Waals surface area (Å²) in [4.78, 5) is 0. The molecule has 90 valence electrons. The lowest BCUT2D eigenvalue weighted by molar-refractivity contribution is -0.183. The van der Waals surface area contributed by atoms with Crippen molar-refractivity contribution in [2.45, 2.75) is 30.7 Å². The highest BCUT2D eigenvalue weighted by Crippen LogP contribution is 2.24. The summed E-state index contributed by atoms with van der Waals surface area (Å²) in [5.41, 5.74) is 0. The van der Waals surface area contributed by atoms with Crippen LogP contribution in [0.25, 0.3) is 0 Å². The first kappa shape index (κ1) is 11.2. The van der Waals surface area contributed by atoms with Crippen LogP contribution < -0.4 is 0 Å². The van der Waals surface area contributed by atoms with Gasteiger partial charge in [-0.05, 0) is 0 Å². The van der Waals surface area contributed by atoms with Gasteiger partial charge in [0.1, 0.15) is 24.4 Å². The van der Waals surface area contributed by atoms with Crippen LogP contribution in [-0.4, -0.2) is 76.0 Å². The zero-order valence-corrected chi connectivity index (χ0v) is 7.93. The van der Waals surface area contributed by atoms with Gasteiger partial charge >= 0.3 is 0 Å². The van der Waals surface area contributed by atoms with Gasteiger partial charge in [-0.3, -0.25) is 0 Å². The highest BCUT2D eigenvalue weighted by Gasteiger charge is 2.46. The van der Waals surface area contributed by atoms with Gasteiger partial charge in [-0.1, -0.05) is 0 Å². The van der Waals surface area contributed by atoms with E-state index in [-0.39, 0.29) is 0 Å². The summed E-state index contributed by atoms with van der Waals surface area (Å²) in [6, 6.07) is 0. The molecular weight excluding hydrogens is 208 g/mol. The van der Waals surface area contributed by atoms with Gasteiger partial charge in [0.2, 0.25) is 0 Å². The molecule has 0 radical (unpaired) electrons. The zero-order chi connectivity index (χ0) is 12.3. The molecule has 1 heterocycles. The molecule has 0 aliphatic carbocycles. The monoisotopic (exact) mass is 225 g/mol. The van der Waals surface area contributed by atoms with Crippen LogP contribution in [0.5, 0.6) is 0 Å². The maximum absolute atomic E-state index is 9.46. The third-order valence-electron chi connectivity index (χ3n) is 2.16. The van der Waals surface area contributed by atoms with Crippen molar-refractivity contribution in [1.82, 2.24) is 0 Å². The molecule has 6 atom stereocenters. The third-order valence-corrected chi connectivity index (χ3v) is 2.16. The molecule has 1 aliphatic rings. The molecule has 7 nitrogen and oxygen atoms in total. The second kappa shape index (κ2) is 5.71. The van der Waals surface area contributed by atoms with E-state index in [0.717, 1.165) is 0 Å². The third kappa shape index (κ3) is 2.85. The first-order chi connectivity index (χ1) is 7.47. The van der Waals surface area contributed by atoms with Gasteiger partial charge in [0.15, 0.2) is 6.29 Å². The molecule has 0 spiro atoms. The van der Waals surface area contributed by atoms with E-state index in [1.807, 2.05) is 0 Å². The first-order valence-corrected chi connectivity index (χ1v) is 4.49. The standard InChI is InChI=1S/C8H16O7/c9-1-2-14-8-6(13)5(12)7(15-8)4(11)3-10/h4-13H,1-3H2/t4-,5-,6+,7-,8?/m1/s1/i1D/t1?,4-,5-,6+,7-,8?. The van der Waals surface area contributed by atoms with E-state index in [1.54, 1.807) is 0 Å². The molecule has 0 bridgehead atoms. The summed E-state index contributed by atoms with van der Waals surface area (Å²) in [6.45, 7) is -2.49. The van der Waals surface area contributed by atoms with Crippen LogP contribution in [0.4, 0.5) is 0 Å². The van der Waals surface area contributed by atoms with Crippen LogP contribution in [0.3, 0.4) is 0 Å². The highest BCUT2D eigenvalue weighted by atomic mass is 16.7. The van der Waals surface area contributed by atoms with Crippen molar-refractivity contribution in [2.24, 2.45) is 0 Å². The molecule has 0 aromatic heterocycles. The summed E-state index contributed by atoms with van der Waals surface area (Å²) in [5, 5.41) is 45.5. The average molecular weight is 225 g/mol. The summed E-state index contributed by atoms with van der Waals surface area (Å²) in [5.74, 6) is 0. The molecule has 1 fully saturated rings. The fourth-order valence-electron chi connectivity index (χ4n) is 1.37. The molecule has 7 heteroatoms. The second-order valence-electron chi connectivity index (χ2n) is 3.22. The van der Waals surface area contributed by atoms with E-state index < -0.39 is 50.5 Å². The van der Waals surface area contributed by atoms with Crippen LogP contribution in [-0.2, 0) is 9.47 Å². The van der Waals surface area contributed by atoms with Gasteiger partial charge < -0.3 is 35.0 Å².